The summed E-state index contributed by atoms with van der Waals surface area (Å²) in [5.74, 6) is 0.0349. The largest absolute Gasteiger partial charge is 0.347 e. The highest BCUT2D eigenvalue weighted by Crippen LogP contribution is 2.31. The zero-order valence-electron chi connectivity index (χ0n) is 21.0. The van der Waals surface area contributed by atoms with Gasteiger partial charge in [0.15, 0.2) is 5.65 Å². The predicted molar refractivity (Wildman–Crippen MR) is 142 cm³/mol. The van der Waals surface area contributed by atoms with Crippen LogP contribution >= 0.6 is 0 Å². The molecule has 0 saturated carbocycles. The maximum atomic E-state index is 13.4. The van der Waals surface area contributed by atoms with Crippen LogP contribution in [0.3, 0.4) is 0 Å². The van der Waals surface area contributed by atoms with Crippen LogP contribution in [0.4, 0.5) is 0 Å². The number of likely N-dealkylation sites (N-methyl/N-ethyl adjacent to an activating group) is 1. The number of aromatic nitrogens is 6. The van der Waals surface area contributed by atoms with Gasteiger partial charge in [-0.05, 0) is 43.3 Å². The molecule has 5 heterocycles. The number of nitrogens with zero attached hydrogens (tertiary/aromatic N) is 6. The molecule has 186 valence electrons. The summed E-state index contributed by atoms with van der Waals surface area (Å²) >= 11 is 0. The summed E-state index contributed by atoms with van der Waals surface area (Å²) in [6.45, 7) is 3.58. The summed E-state index contributed by atoms with van der Waals surface area (Å²) in [7, 11) is 4.01. The molecule has 1 aromatic carbocycles. The van der Waals surface area contributed by atoms with Crippen molar-refractivity contribution in [2.24, 2.45) is 7.05 Å². The summed E-state index contributed by atoms with van der Waals surface area (Å²) in [4.78, 5) is 24.4. The summed E-state index contributed by atoms with van der Waals surface area (Å²) in [5.41, 5.74) is 7.16. The van der Waals surface area contributed by atoms with E-state index in [4.69, 9.17) is 0 Å². The van der Waals surface area contributed by atoms with E-state index in [1.807, 2.05) is 44.6 Å². The zero-order valence-corrected chi connectivity index (χ0v) is 21.0. The van der Waals surface area contributed by atoms with Gasteiger partial charge in [0, 0.05) is 72.9 Å². The Morgan fingerprint density at radius 3 is 2.73 bits per heavy atom. The standard InChI is InChI=1S/C28H28N8O/c1-17-9-20(7-8-29-17)26-23-11-21(12-30-27(23)34-33-26)28(37)32-25-16-35(2)15-24(25)19-6-4-5-18(10-19)22-13-31-36(3)14-22/h4-14,24-25H,15-16H2,1-3H3,(H,32,37)(H,30,33,34). The average molecular weight is 493 g/mol. The molecule has 9 heteroatoms. The Labute approximate surface area is 214 Å². The molecule has 37 heavy (non-hydrogen) atoms. The van der Waals surface area contributed by atoms with Gasteiger partial charge in [0.05, 0.1) is 11.8 Å². The average Bonchev–Trinajstić information content (AvgIpc) is 3.62. The molecular formula is C28H28N8O. The number of hydrogen-bond donors (Lipinski definition) is 2. The summed E-state index contributed by atoms with van der Waals surface area (Å²) in [6, 6.07) is 14.3. The molecule has 1 amide bonds. The number of pyridine rings is 2. The number of aryl methyl sites for hydroxylation is 2. The lowest BCUT2D eigenvalue weighted by atomic mass is 9.92. The Hall–Kier alpha value is -4.37. The highest BCUT2D eigenvalue weighted by molar-refractivity contribution is 6.00. The predicted octanol–water partition coefficient (Wildman–Crippen LogP) is 3.56. The zero-order chi connectivity index (χ0) is 25.5. The molecule has 9 nitrogen and oxygen atoms in total. The van der Waals surface area contributed by atoms with Crippen molar-refractivity contribution in [3.63, 3.8) is 0 Å². The fourth-order valence-corrected chi connectivity index (χ4v) is 5.20. The number of hydrogen-bond acceptors (Lipinski definition) is 6. The Kier molecular flexibility index (Phi) is 5.77. The minimum absolute atomic E-state index is 0.0241. The van der Waals surface area contributed by atoms with Crippen LogP contribution in [0, 0.1) is 6.92 Å². The SMILES string of the molecule is Cc1cc(-c2n[nH]c3ncc(C(=O)NC4CN(C)CC4c4cccc(-c5cnn(C)c5)c4)cc23)ccn1. The first-order valence-electron chi connectivity index (χ1n) is 12.3. The summed E-state index contributed by atoms with van der Waals surface area (Å²) in [5, 5.41) is 15.8. The van der Waals surface area contributed by atoms with Gasteiger partial charge in [-0.15, -0.1) is 0 Å². The fraction of sp³-hybridized carbons (Fsp3) is 0.250. The van der Waals surface area contributed by atoms with E-state index >= 15 is 0 Å². The smallest absolute Gasteiger partial charge is 0.253 e. The van der Waals surface area contributed by atoms with E-state index in [1.165, 1.54) is 5.56 Å². The lowest BCUT2D eigenvalue weighted by Gasteiger charge is -2.21. The second-order valence-electron chi connectivity index (χ2n) is 9.81. The fourth-order valence-electron chi connectivity index (χ4n) is 5.20. The Morgan fingerprint density at radius 2 is 1.92 bits per heavy atom. The third-order valence-corrected chi connectivity index (χ3v) is 7.02. The molecule has 4 aromatic heterocycles. The van der Waals surface area contributed by atoms with Crippen LogP contribution in [0.2, 0.25) is 0 Å². The maximum absolute atomic E-state index is 13.4. The Bertz CT molecular complexity index is 1600. The summed E-state index contributed by atoms with van der Waals surface area (Å²) in [6.07, 6.45) is 7.25. The monoisotopic (exact) mass is 492 g/mol. The minimum atomic E-state index is -0.138. The van der Waals surface area contributed by atoms with Gasteiger partial charge in [0.1, 0.15) is 5.69 Å². The molecule has 2 N–H and O–H groups in total. The van der Waals surface area contributed by atoms with E-state index in [2.05, 4.69) is 66.8 Å². The van der Waals surface area contributed by atoms with E-state index < -0.39 is 0 Å². The first-order valence-corrected chi connectivity index (χ1v) is 12.3. The molecule has 5 aromatic rings. The number of rotatable bonds is 5. The van der Waals surface area contributed by atoms with Crippen LogP contribution in [-0.4, -0.2) is 66.9 Å². The first kappa shape index (κ1) is 23.1. The highest BCUT2D eigenvalue weighted by Gasteiger charge is 2.33. The number of H-pyrrole nitrogens is 1. The lowest BCUT2D eigenvalue weighted by molar-refractivity contribution is 0.0935. The number of aromatic amines is 1. The lowest BCUT2D eigenvalue weighted by Crippen LogP contribution is -2.39. The molecule has 6 rings (SSSR count). The molecule has 0 aliphatic carbocycles. The van der Waals surface area contributed by atoms with Crippen LogP contribution < -0.4 is 5.32 Å². The molecule has 0 spiro atoms. The van der Waals surface area contributed by atoms with Crippen molar-refractivity contribution in [2.45, 2.75) is 18.9 Å². The van der Waals surface area contributed by atoms with E-state index in [0.29, 0.717) is 11.2 Å². The molecule has 1 fully saturated rings. The van der Waals surface area contributed by atoms with Crippen LogP contribution in [0.5, 0.6) is 0 Å². The Morgan fingerprint density at radius 1 is 1.03 bits per heavy atom. The normalized spacial score (nSPS) is 17.9. The quantitative estimate of drug-likeness (QED) is 0.389. The van der Waals surface area contributed by atoms with Gasteiger partial charge in [-0.1, -0.05) is 24.3 Å². The highest BCUT2D eigenvalue weighted by atomic mass is 16.1. The molecule has 2 unspecified atom stereocenters. The number of carbonyl (C=O) groups excluding carboxylic acids is 1. The molecule has 0 bridgehead atoms. The number of carbonyl (C=O) groups is 1. The van der Waals surface area contributed by atoms with E-state index in [0.717, 1.165) is 46.6 Å². The minimum Gasteiger partial charge on any atom is -0.347 e. The summed E-state index contributed by atoms with van der Waals surface area (Å²) < 4.78 is 1.81. The number of fused-ring (bicyclic) bond motifs is 1. The molecule has 1 saturated heterocycles. The number of amides is 1. The molecule has 1 aliphatic heterocycles. The number of nitrogens with one attached hydrogen (secondary N) is 2. The number of benzene rings is 1. The van der Waals surface area contributed by atoms with Crippen molar-refractivity contribution in [1.82, 2.24) is 40.2 Å². The van der Waals surface area contributed by atoms with Crippen molar-refractivity contribution >= 4 is 16.9 Å². The topological polar surface area (TPSA) is 105 Å². The maximum Gasteiger partial charge on any atom is 0.253 e. The van der Waals surface area contributed by atoms with Gasteiger partial charge in [-0.25, -0.2) is 4.98 Å². The molecule has 1 aliphatic rings. The van der Waals surface area contributed by atoms with Gasteiger partial charge in [-0.2, -0.15) is 10.2 Å². The molecule has 0 radical (unpaired) electrons. The van der Waals surface area contributed by atoms with Crippen molar-refractivity contribution in [3.05, 3.63) is 84.1 Å². The van der Waals surface area contributed by atoms with E-state index in [1.54, 1.807) is 17.1 Å². The van der Waals surface area contributed by atoms with Gasteiger partial charge >= 0.3 is 0 Å². The van der Waals surface area contributed by atoms with Crippen LogP contribution in [0.25, 0.3) is 33.4 Å². The first-order chi connectivity index (χ1) is 17.9. The number of likely N-dealkylation sites (tertiary alicyclic amines) is 1. The van der Waals surface area contributed by atoms with Crippen LogP contribution in [0.15, 0.2) is 67.3 Å². The van der Waals surface area contributed by atoms with Crippen molar-refractivity contribution in [3.8, 4) is 22.4 Å². The van der Waals surface area contributed by atoms with Gasteiger partial charge in [0.25, 0.3) is 5.91 Å². The third-order valence-electron chi connectivity index (χ3n) is 7.02. The van der Waals surface area contributed by atoms with Gasteiger partial charge in [-0.3, -0.25) is 19.6 Å². The third kappa shape index (κ3) is 4.49. The Balaban J connectivity index is 1.26. The van der Waals surface area contributed by atoms with Gasteiger partial charge in [0.2, 0.25) is 0 Å². The van der Waals surface area contributed by atoms with Crippen molar-refractivity contribution < 1.29 is 4.79 Å². The second-order valence-corrected chi connectivity index (χ2v) is 9.81. The molecular weight excluding hydrogens is 464 g/mol. The molecule has 2 atom stereocenters. The van der Waals surface area contributed by atoms with E-state index in [-0.39, 0.29) is 17.9 Å². The van der Waals surface area contributed by atoms with Crippen molar-refractivity contribution in [2.75, 3.05) is 20.1 Å². The van der Waals surface area contributed by atoms with Crippen LogP contribution in [0.1, 0.15) is 27.5 Å². The van der Waals surface area contributed by atoms with Crippen molar-refractivity contribution in [1.29, 1.82) is 0 Å². The van der Waals surface area contributed by atoms with Crippen LogP contribution in [-0.2, 0) is 7.05 Å². The van der Waals surface area contributed by atoms with Gasteiger partial charge < -0.3 is 10.2 Å². The van der Waals surface area contributed by atoms with E-state index in [9.17, 15) is 4.79 Å². The second kappa shape index (κ2) is 9.25.